The molecule has 0 saturated carbocycles. The van der Waals surface area contributed by atoms with E-state index in [0.29, 0.717) is 6.10 Å². The Morgan fingerprint density at radius 1 is 1.40 bits per heavy atom. The Morgan fingerprint density at radius 3 is 2.93 bits per heavy atom. The molecule has 3 heteroatoms. The second-order valence-electron chi connectivity index (χ2n) is 3.83. The van der Waals surface area contributed by atoms with Gasteiger partial charge in [-0.15, -0.1) is 0 Å². The van der Waals surface area contributed by atoms with Crippen molar-refractivity contribution in [3.05, 3.63) is 30.3 Å². The second kappa shape index (κ2) is 5.14. The van der Waals surface area contributed by atoms with Gasteiger partial charge >= 0.3 is 0 Å². The summed E-state index contributed by atoms with van der Waals surface area (Å²) in [4.78, 5) is 2.38. The van der Waals surface area contributed by atoms with Crippen LogP contribution >= 0.6 is 0 Å². The number of hydrogen-bond donors (Lipinski definition) is 1. The molecule has 1 fully saturated rings. The number of nitrogens with zero attached hydrogens (tertiary/aromatic N) is 1. The molecule has 0 radical (unpaired) electrons. The molecular formula is C12H18N2O. The first-order valence-electron chi connectivity index (χ1n) is 5.46. The van der Waals surface area contributed by atoms with Crippen molar-refractivity contribution in [1.82, 2.24) is 5.32 Å². The summed E-state index contributed by atoms with van der Waals surface area (Å²) >= 11 is 0. The Bertz CT molecular complexity index is 287. The van der Waals surface area contributed by atoms with Gasteiger partial charge in [0.2, 0.25) is 0 Å². The van der Waals surface area contributed by atoms with E-state index in [1.165, 1.54) is 5.69 Å². The predicted octanol–water partition coefficient (Wildman–Crippen LogP) is 1.11. The van der Waals surface area contributed by atoms with Crippen LogP contribution in [0.5, 0.6) is 0 Å². The van der Waals surface area contributed by atoms with E-state index in [0.717, 1.165) is 26.2 Å². The normalized spacial score (nSPS) is 21.7. The lowest BCUT2D eigenvalue weighted by Gasteiger charge is -2.34. The van der Waals surface area contributed by atoms with E-state index in [-0.39, 0.29) is 0 Å². The van der Waals surface area contributed by atoms with Gasteiger partial charge in [-0.1, -0.05) is 18.2 Å². The molecule has 1 aliphatic rings. The summed E-state index contributed by atoms with van der Waals surface area (Å²) in [6, 6.07) is 10.5. The highest BCUT2D eigenvalue weighted by Gasteiger charge is 2.19. The summed E-state index contributed by atoms with van der Waals surface area (Å²) in [5, 5.41) is 3.16. The largest absolute Gasteiger partial charge is 0.373 e. The van der Waals surface area contributed by atoms with Gasteiger partial charge in [0.15, 0.2) is 0 Å². The van der Waals surface area contributed by atoms with Crippen molar-refractivity contribution in [3.63, 3.8) is 0 Å². The fraction of sp³-hybridized carbons (Fsp3) is 0.500. The van der Waals surface area contributed by atoms with Crippen molar-refractivity contribution >= 4 is 5.69 Å². The summed E-state index contributed by atoms with van der Waals surface area (Å²) < 4.78 is 5.67. The standard InChI is InChI=1S/C12H18N2O/c1-13-9-12-10-14(7-8-15-12)11-5-3-2-4-6-11/h2-6,12-13H,7-10H2,1H3. The third-order valence-corrected chi connectivity index (χ3v) is 2.69. The lowest BCUT2D eigenvalue weighted by atomic mass is 10.2. The van der Waals surface area contributed by atoms with Gasteiger partial charge in [0.25, 0.3) is 0 Å². The number of anilines is 1. The first-order valence-corrected chi connectivity index (χ1v) is 5.46. The van der Waals surface area contributed by atoms with Crippen molar-refractivity contribution in [2.45, 2.75) is 6.10 Å². The summed E-state index contributed by atoms with van der Waals surface area (Å²) in [6.07, 6.45) is 0.309. The van der Waals surface area contributed by atoms with Crippen LogP contribution in [0.3, 0.4) is 0 Å². The van der Waals surface area contributed by atoms with Gasteiger partial charge in [0.1, 0.15) is 0 Å². The monoisotopic (exact) mass is 206 g/mol. The zero-order valence-electron chi connectivity index (χ0n) is 9.15. The van der Waals surface area contributed by atoms with Crippen LogP contribution in [0, 0.1) is 0 Å². The van der Waals surface area contributed by atoms with E-state index in [1.807, 2.05) is 7.05 Å². The minimum atomic E-state index is 0.309. The highest BCUT2D eigenvalue weighted by Crippen LogP contribution is 2.16. The van der Waals surface area contributed by atoms with Crippen LogP contribution in [0.25, 0.3) is 0 Å². The fourth-order valence-corrected chi connectivity index (χ4v) is 1.94. The molecule has 1 unspecified atom stereocenters. The molecule has 1 saturated heterocycles. The molecule has 2 rings (SSSR count). The third-order valence-electron chi connectivity index (χ3n) is 2.69. The maximum atomic E-state index is 5.67. The summed E-state index contributed by atoms with van der Waals surface area (Å²) in [7, 11) is 1.96. The second-order valence-corrected chi connectivity index (χ2v) is 3.83. The lowest BCUT2D eigenvalue weighted by molar-refractivity contribution is 0.0422. The van der Waals surface area contributed by atoms with Gasteiger partial charge in [-0.05, 0) is 19.2 Å². The molecule has 1 heterocycles. The van der Waals surface area contributed by atoms with Gasteiger partial charge in [-0.25, -0.2) is 0 Å². The Morgan fingerprint density at radius 2 is 2.20 bits per heavy atom. The Balaban J connectivity index is 1.98. The quantitative estimate of drug-likeness (QED) is 0.802. The average Bonchev–Trinajstić information content (AvgIpc) is 2.31. The van der Waals surface area contributed by atoms with Crippen molar-refractivity contribution in [3.8, 4) is 0 Å². The zero-order chi connectivity index (χ0) is 10.5. The van der Waals surface area contributed by atoms with Crippen molar-refractivity contribution in [2.24, 2.45) is 0 Å². The number of para-hydroxylation sites is 1. The molecule has 0 spiro atoms. The first kappa shape index (κ1) is 10.5. The van der Waals surface area contributed by atoms with Crippen molar-refractivity contribution in [1.29, 1.82) is 0 Å². The van der Waals surface area contributed by atoms with Crippen LogP contribution < -0.4 is 10.2 Å². The molecule has 1 atom stereocenters. The molecular weight excluding hydrogens is 188 g/mol. The van der Waals surface area contributed by atoms with E-state index in [2.05, 4.69) is 40.5 Å². The van der Waals surface area contributed by atoms with Gasteiger partial charge in [-0.2, -0.15) is 0 Å². The number of morpholine rings is 1. The Hall–Kier alpha value is -1.06. The highest BCUT2D eigenvalue weighted by molar-refractivity contribution is 5.46. The van der Waals surface area contributed by atoms with Gasteiger partial charge in [0, 0.05) is 25.3 Å². The number of nitrogens with one attached hydrogen (secondary N) is 1. The minimum absolute atomic E-state index is 0.309. The molecule has 1 aromatic rings. The zero-order valence-corrected chi connectivity index (χ0v) is 9.15. The van der Waals surface area contributed by atoms with Crippen molar-refractivity contribution in [2.75, 3.05) is 38.2 Å². The molecule has 15 heavy (non-hydrogen) atoms. The molecule has 0 amide bonds. The van der Waals surface area contributed by atoms with Gasteiger partial charge in [-0.3, -0.25) is 0 Å². The van der Waals surface area contributed by atoms with Crippen LogP contribution in [0.2, 0.25) is 0 Å². The molecule has 1 aliphatic heterocycles. The number of likely N-dealkylation sites (N-methyl/N-ethyl adjacent to an activating group) is 1. The Kier molecular flexibility index (Phi) is 3.59. The van der Waals surface area contributed by atoms with Crippen LogP contribution in [-0.2, 0) is 4.74 Å². The minimum Gasteiger partial charge on any atom is -0.373 e. The van der Waals surface area contributed by atoms with Gasteiger partial charge in [0.05, 0.1) is 12.7 Å². The first-order chi connectivity index (χ1) is 7.40. The summed E-state index contributed by atoms with van der Waals surface area (Å²) in [5.41, 5.74) is 1.29. The maximum absolute atomic E-state index is 5.67. The van der Waals surface area contributed by atoms with Crippen LogP contribution in [-0.4, -0.2) is 39.4 Å². The average molecular weight is 206 g/mol. The molecule has 0 aromatic heterocycles. The topological polar surface area (TPSA) is 24.5 Å². The Labute approximate surface area is 91.0 Å². The third kappa shape index (κ3) is 2.70. The van der Waals surface area contributed by atoms with E-state index < -0.39 is 0 Å². The molecule has 1 N–H and O–H groups in total. The summed E-state index contributed by atoms with van der Waals surface area (Å²) in [5.74, 6) is 0. The molecule has 82 valence electrons. The van der Waals surface area contributed by atoms with Crippen LogP contribution in [0.15, 0.2) is 30.3 Å². The predicted molar refractivity (Wildman–Crippen MR) is 62.3 cm³/mol. The highest BCUT2D eigenvalue weighted by atomic mass is 16.5. The lowest BCUT2D eigenvalue weighted by Crippen LogP contribution is -2.46. The van der Waals surface area contributed by atoms with E-state index in [1.54, 1.807) is 0 Å². The molecule has 3 nitrogen and oxygen atoms in total. The number of hydrogen-bond acceptors (Lipinski definition) is 3. The van der Waals surface area contributed by atoms with Crippen molar-refractivity contribution < 1.29 is 4.74 Å². The number of ether oxygens (including phenoxy) is 1. The maximum Gasteiger partial charge on any atom is 0.0874 e. The number of benzene rings is 1. The SMILES string of the molecule is CNCC1CN(c2ccccc2)CCO1. The fourth-order valence-electron chi connectivity index (χ4n) is 1.94. The smallest absolute Gasteiger partial charge is 0.0874 e. The molecule has 1 aromatic carbocycles. The summed E-state index contributed by atoms with van der Waals surface area (Å²) in [6.45, 7) is 3.71. The van der Waals surface area contributed by atoms with Crippen LogP contribution in [0.4, 0.5) is 5.69 Å². The van der Waals surface area contributed by atoms with Crippen LogP contribution in [0.1, 0.15) is 0 Å². The van der Waals surface area contributed by atoms with E-state index in [9.17, 15) is 0 Å². The van der Waals surface area contributed by atoms with E-state index >= 15 is 0 Å². The van der Waals surface area contributed by atoms with Gasteiger partial charge < -0.3 is 15.0 Å². The molecule has 0 aliphatic carbocycles. The molecule has 0 bridgehead atoms. The van der Waals surface area contributed by atoms with E-state index in [4.69, 9.17) is 4.74 Å². The number of rotatable bonds is 3.